The van der Waals surface area contributed by atoms with E-state index in [4.69, 9.17) is 10.8 Å². The maximum absolute atomic E-state index is 12.8. The minimum atomic E-state index is -1.53. The first-order chi connectivity index (χ1) is 34.8. The Bertz CT molecular complexity index is 2100. The summed E-state index contributed by atoms with van der Waals surface area (Å²) in [6.45, 7) is -7.67. The molecule has 30 heteroatoms. The van der Waals surface area contributed by atoms with Crippen molar-refractivity contribution in [2.45, 2.75) is 90.4 Å². The highest BCUT2D eigenvalue weighted by atomic mass is 16.4. The number of unbranched alkanes of at least 4 members (excludes halogenated alkanes) is 1. The molecular weight excluding hydrogens is 991 g/mol. The molecule has 0 radical (unpaired) electrons. The molecule has 0 atom stereocenters. The number of carbonyl (C=O) groups is 17. The van der Waals surface area contributed by atoms with Gasteiger partial charge in [0.25, 0.3) is 0 Å². The van der Waals surface area contributed by atoms with Gasteiger partial charge in [-0.3, -0.25) is 81.5 Å². The Morgan fingerprint density at radius 1 is 0.338 bits per heavy atom. The lowest BCUT2D eigenvalue weighted by molar-refractivity contribution is -0.146. The first kappa shape index (κ1) is 66.0. The van der Waals surface area contributed by atoms with E-state index < -0.39 is 198 Å². The van der Waals surface area contributed by atoms with Crippen molar-refractivity contribution in [3.63, 3.8) is 0 Å². The maximum atomic E-state index is 12.8. The van der Waals surface area contributed by atoms with Gasteiger partial charge in [0.15, 0.2) is 17.3 Å². The summed E-state index contributed by atoms with van der Waals surface area (Å²) >= 11 is 0. The van der Waals surface area contributed by atoms with Gasteiger partial charge in [-0.2, -0.15) is 0 Å². The molecule has 0 heterocycles. The summed E-state index contributed by atoms with van der Waals surface area (Å²) in [6.07, 6.45) is -1.77. The number of nitrogens with zero attached hydrogens (tertiary/aromatic N) is 4. The van der Waals surface area contributed by atoms with Crippen LogP contribution in [0.4, 0.5) is 0 Å². The van der Waals surface area contributed by atoms with E-state index in [1.165, 1.54) is 0 Å². The van der Waals surface area contributed by atoms with Gasteiger partial charge in [0.05, 0.1) is 39.3 Å². The molecule has 0 aliphatic carbocycles. The van der Waals surface area contributed by atoms with Gasteiger partial charge in [-0.25, -0.2) is 0 Å². The van der Waals surface area contributed by atoms with E-state index in [1.54, 1.807) is 0 Å². The predicted octanol–water partition coefficient (Wildman–Crippen LogP) is -5.00. The highest BCUT2D eigenvalue weighted by Crippen LogP contribution is 2.05. The Morgan fingerprint density at radius 3 is 1.11 bits per heavy atom. The second-order valence-corrected chi connectivity index (χ2v) is 16.4. The van der Waals surface area contributed by atoms with E-state index in [-0.39, 0.29) is 51.0 Å². The zero-order valence-corrected chi connectivity index (χ0v) is 41.0. The zero-order chi connectivity index (χ0) is 56.3. The van der Waals surface area contributed by atoms with Gasteiger partial charge in [-0.1, -0.05) is 13.3 Å². The van der Waals surface area contributed by atoms with Crippen LogP contribution in [0.1, 0.15) is 90.4 Å². The number of hydrogen-bond acceptors (Lipinski definition) is 18. The number of nitrogens with one attached hydrogen (secondary N) is 4. The molecule has 74 heavy (non-hydrogen) atoms. The second-order valence-electron chi connectivity index (χ2n) is 16.4. The highest BCUT2D eigenvalue weighted by molar-refractivity contribution is 5.96. The topological polar surface area (TPSA) is 458 Å². The van der Waals surface area contributed by atoms with Crippen molar-refractivity contribution in [3.05, 3.63) is 0 Å². The minimum absolute atomic E-state index is 0.0533. The lowest BCUT2D eigenvalue weighted by atomic mass is 10.1. The van der Waals surface area contributed by atoms with Crippen LogP contribution >= 0.6 is 0 Å². The van der Waals surface area contributed by atoms with E-state index in [0.717, 1.165) is 6.42 Å². The number of rotatable bonds is 42. The SMILES string of the molecule is CCCCC(=O)CCC(=O)NCC(=O)N(CC(=O)O)CC(=O)NCC(=O)CCC(=O)N(CC(=O)O)CC(=O)CCCNC(=O)CN(CC(=O)O)C(=O)CNC(=O)CCC(=O)CN(CC(=O)O)C(=O)CCC(=O)CN. The van der Waals surface area contributed by atoms with E-state index in [0.29, 0.717) is 32.4 Å². The fourth-order valence-electron chi connectivity index (χ4n) is 6.09. The van der Waals surface area contributed by atoms with Crippen molar-refractivity contribution in [3.8, 4) is 0 Å². The van der Waals surface area contributed by atoms with Gasteiger partial charge in [-0.15, -0.1) is 0 Å². The summed E-state index contributed by atoms with van der Waals surface area (Å²) in [5, 5.41) is 45.8. The first-order valence-corrected chi connectivity index (χ1v) is 23.1. The van der Waals surface area contributed by atoms with Crippen LogP contribution < -0.4 is 27.0 Å². The number of carboxylic acid groups (broad SMARTS) is 4. The molecule has 0 saturated carbocycles. The third kappa shape index (κ3) is 32.8. The highest BCUT2D eigenvalue weighted by Gasteiger charge is 2.25. The van der Waals surface area contributed by atoms with Gasteiger partial charge in [-0.05, 0) is 12.8 Å². The van der Waals surface area contributed by atoms with Crippen LogP contribution in [0.5, 0.6) is 0 Å². The molecule has 0 fully saturated rings. The van der Waals surface area contributed by atoms with Crippen molar-refractivity contribution in [2.24, 2.45) is 5.73 Å². The van der Waals surface area contributed by atoms with Gasteiger partial charge in [0.1, 0.15) is 50.8 Å². The third-order valence-electron chi connectivity index (χ3n) is 9.96. The number of amides is 8. The van der Waals surface area contributed by atoms with Crippen molar-refractivity contribution in [1.82, 2.24) is 40.9 Å². The van der Waals surface area contributed by atoms with Crippen LogP contribution in [0.2, 0.25) is 0 Å². The zero-order valence-electron chi connectivity index (χ0n) is 41.0. The standard InChI is InChI=1S/C44H65N9O21/c1-2-3-5-28(54)7-11-33(59)48-19-40(66)53(27-44(73)74)23-36(62)47-17-30(56)10-14-38(64)50(24-41(67)68)20-31(57)6-4-15-46-35(61)22-52(26-43(71)72)39(65)18-49-34(60)12-8-32(58)21-51(25-42(69)70)37(63)13-9-29(55)16-45/h2-27,45H2,1H3,(H,46,61)(H,47,62)(H,48,59)(H,49,60)(H,67,68)(H,69,70)(H,71,72)(H,73,74). The summed E-state index contributed by atoms with van der Waals surface area (Å²) in [7, 11) is 0. The molecule has 0 bridgehead atoms. The summed E-state index contributed by atoms with van der Waals surface area (Å²) in [5.74, 6) is -15.9. The summed E-state index contributed by atoms with van der Waals surface area (Å²) in [5.41, 5.74) is 5.19. The van der Waals surface area contributed by atoms with Gasteiger partial charge in [0, 0.05) is 70.8 Å². The van der Waals surface area contributed by atoms with E-state index in [9.17, 15) is 96.8 Å². The van der Waals surface area contributed by atoms with Crippen LogP contribution in [0, 0.1) is 0 Å². The Hall–Kier alpha value is -8.05. The molecule has 30 nitrogen and oxygen atoms in total. The third-order valence-corrected chi connectivity index (χ3v) is 9.96. The largest absolute Gasteiger partial charge is 0.480 e. The molecule has 0 aliphatic heterocycles. The molecule has 0 unspecified atom stereocenters. The minimum Gasteiger partial charge on any atom is -0.480 e. The van der Waals surface area contributed by atoms with Crippen LogP contribution in [-0.4, -0.2) is 225 Å². The summed E-state index contributed by atoms with van der Waals surface area (Å²) < 4.78 is 0. The number of Topliss-reactive ketones (excluding diaryl/α,β-unsaturated/α-hetero) is 5. The van der Waals surface area contributed by atoms with E-state index >= 15 is 0 Å². The van der Waals surface area contributed by atoms with Crippen LogP contribution in [0.15, 0.2) is 0 Å². The van der Waals surface area contributed by atoms with Crippen molar-refractivity contribution >= 4 is 100 Å². The molecule has 0 rings (SSSR count). The normalized spacial score (nSPS) is 10.4. The lowest BCUT2D eigenvalue weighted by Gasteiger charge is -2.21. The fourth-order valence-corrected chi connectivity index (χ4v) is 6.09. The number of ketones is 5. The van der Waals surface area contributed by atoms with Gasteiger partial charge < -0.3 is 67.0 Å². The molecule has 0 aliphatic rings. The van der Waals surface area contributed by atoms with Crippen molar-refractivity contribution in [2.75, 3.05) is 85.1 Å². The molecule has 0 spiro atoms. The Labute approximate surface area is 423 Å². The molecule has 0 aromatic rings. The average Bonchev–Trinajstić information content (AvgIpc) is 3.32. The molecule has 8 amide bonds. The first-order valence-electron chi connectivity index (χ1n) is 23.1. The molecule has 0 aromatic heterocycles. The molecule has 412 valence electrons. The summed E-state index contributed by atoms with van der Waals surface area (Å²) in [6, 6.07) is 0. The summed E-state index contributed by atoms with van der Waals surface area (Å²) in [4.78, 5) is 209. The smallest absolute Gasteiger partial charge is 0.323 e. The second kappa shape index (κ2) is 36.8. The average molecular weight is 1060 g/mol. The number of hydrogen-bond donors (Lipinski definition) is 9. The van der Waals surface area contributed by atoms with Gasteiger partial charge >= 0.3 is 23.9 Å². The van der Waals surface area contributed by atoms with Gasteiger partial charge in [0.2, 0.25) is 47.3 Å². The molecule has 0 saturated heterocycles. The fraction of sp³-hybridized carbons (Fsp3) is 0.614. The molecule has 0 aromatic carbocycles. The Balaban J connectivity index is 5.00. The van der Waals surface area contributed by atoms with Crippen molar-refractivity contribution < 1.29 is 102 Å². The number of carboxylic acids is 4. The number of aliphatic carboxylic acids is 4. The number of carbonyl (C=O) groups excluding carboxylic acids is 13. The Morgan fingerprint density at radius 2 is 0.689 bits per heavy atom. The van der Waals surface area contributed by atoms with E-state index in [2.05, 4.69) is 21.3 Å². The van der Waals surface area contributed by atoms with Crippen molar-refractivity contribution in [1.29, 1.82) is 0 Å². The predicted molar refractivity (Wildman–Crippen MR) is 249 cm³/mol. The monoisotopic (exact) mass is 1060 g/mol. The Kier molecular flexibility index (Phi) is 32.8. The van der Waals surface area contributed by atoms with E-state index in [1.807, 2.05) is 6.92 Å². The van der Waals surface area contributed by atoms with Crippen LogP contribution in [0.25, 0.3) is 0 Å². The molecule has 10 N–H and O–H groups in total. The lowest BCUT2D eigenvalue weighted by Crippen LogP contribution is -2.47. The maximum Gasteiger partial charge on any atom is 0.323 e. The quantitative estimate of drug-likeness (QED) is 0.0259. The van der Waals surface area contributed by atoms with Crippen LogP contribution in [-0.2, 0) is 81.5 Å². The van der Waals surface area contributed by atoms with Crippen LogP contribution in [0.3, 0.4) is 0 Å². The number of nitrogens with two attached hydrogens (primary N) is 1. The molecular formula is C44H65N9O21.